The van der Waals surface area contributed by atoms with Crippen LogP contribution in [0.15, 0.2) is 42.5 Å². The molecule has 1 aromatic rings. The summed E-state index contributed by atoms with van der Waals surface area (Å²) in [7, 11) is 0. The second kappa shape index (κ2) is 6.53. The van der Waals surface area contributed by atoms with Crippen LogP contribution >= 0.6 is 0 Å². The maximum Gasteiger partial charge on any atom is 0.335 e. The molecule has 17 heavy (non-hydrogen) atoms. The molecular formula is C14H16O3. The molecule has 0 fully saturated rings. The van der Waals surface area contributed by atoms with Crippen molar-refractivity contribution in [3.8, 4) is 5.75 Å². The van der Waals surface area contributed by atoms with Crippen molar-refractivity contribution in [2.75, 3.05) is 6.79 Å². The highest BCUT2D eigenvalue weighted by Crippen LogP contribution is 2.13. The first-order chi connectivity index (χ1) is 8.13. The fourth-order valence-corrected chi connectivity index (χ4v) is 1.14. The average molecular weight is 232 g/mol. The van der Waals surface area contributed by atoms with Gasteiger partial charge in [0.25, 0.3) is 0 Å². The zero-order valence-corrected chi connectivity index (χ0v) is 10.1. The van der Waals surface area contributed by atoms with Crippen molar-refractivity contribution in [2.45, 2.75) is 13.8 Å². The van der Waals surface area contributed by atoms with Gasteiger partial charge in [-0.05, 0) is 31.5 Å². The molecule has 0 saturated heterocycles. The summed E-state index contributed by atoms with van der Waals surface area (Å²) in [6.07, 6.45) is 3.95. The van der Waals surface area contributed by atoms with E-state index in [-0.39, 0.29) is 6.79 Å². The van der Waals surface area contributed by atoms with Crippen molar-refractivity contribution in [3.63, 3.8) is 0 Å². The minimum absolute atomic E-state index is 0.103. The molecule has 0 aliphatic heterocycles. The Morgan fingerprint density at radius 1 is 1.35 bits per heavy atom. The van der Waals surface area contributed by atoms with E-state index < -0.39 is 5.97 Å². The summed E-state index contributed by atoms with van der Waals surface area (Å²) in [5.41, 5.74) is 1.45. The van der Waals surface area contributed by atoms with Gasteiger partial charge in [-0.3, -0.25) is 0 Å². The van der Waals surface area contributed by atoms with Crippen LogP contribution in [-0.2, 0) is 9.53 Å². The fourth-order valence-electron chi connectivity index (χ4n) is 1.14. The van der Waals surface area contributed by atoms with Gasteiger partial charge >= 0.3 is 5.97 Å². The second-order valence-electron chi connectivity index (χ2n) is 3.54. The van der Waals surface area contributed by atoms with E-state index in [0.29, 0.717) is 11.3 Å². The third-order valence-corrected chi connectivity index (χ3v) is 2.00. The average Bonchev–Trinajstić information content (AvgIpc) is 2.31. The van der Waals surface area contributed by atoms with E-state index in [0.717, 1.165) is 5.56 Å². The largest absolute Gasteiger partial charge is 0.457 e. The number of carbonyl (C=O) groups is 1. The van der Waals surface area contributed by atoms with E-state index in [1.54, 1.807) is 6.92 Å². The highest BCUT2D eigenvalue weighted by atomic mass is 16.7. The van der Waals surface area contributed by atoms with E-state index in [1.807, 2.05) is 43.3 Å². The molecule has 3 heteroatoms. The van der Waals surface area contributed by atoms with Gasteiger partial charge in [-0.2, -0.15) is 0 Å². The Morgan fingerprint density at radius 2 is 2.00 bits per heavy atom. The lowest BCUT2D eigenvalue weighted by Gasteiger charge is -2.07. The zero-order valence-electron chi connectivity index (χ0n) is 10.1. The van der Waals surface area contributed by atoms with Crippen molar-refractivity contribution in [2.24, 2.45) is 0 Å². The molecule has 90 valence electrons. The molecule has 0 aliphatic rings. The Bertz CT molecular complexity index is 416. The predicted octanol–water partition coefficient (Wildman–Crippen LogP) is 3.18. The maximum absolute atomic E-state index is 11.1. The first-order valence-electron chi connectivity index (χ1n) is 5.31. The Balaban J connectivity index is 2.42. The number of rotatable bonds is 5. The molecule has 0 amide bonds. The van der Waals surface area contributed by atoms with E-state index >= 15 is 0 Å². The summed E-state index contributed by atoms with van der Waals surface area (Å²) in [5, 5.41) is 0. The molecule has 0 saturated carbocycles. The number of benzene rings is 1. The molecule has 1 rings (SSSR count). The Morgan fingerprint density at radius 3 is 2.53 bits per heavy atom. The summed E-state index contributed by atoms with van der Waals surface area (Å²) >= 11 is 0. The Labute approximate surface area is 101 Å². The molecule has 0 aromatic heterocycles. The topological polar surface area (TPSA) is 35.5 Å². The number of hydrogen-bond acceptors (Lipinski definition) is 3. The molecule has 0 bridgehead atoms. The standard InChI is InChI=1S/C14H16O3/c1-4-5-12-6-8-13(9-7-12)16-10-17-14(15)11(2)3/h4-9H,2,10H2,1,3H3. The van der Waals surface area contributed by atoms with Crippen LogP contribution in [0.5, 0.6) is 5.75 Å². The van der Waals surface area contributed by atoms with Gasteiger partial charge in [0.15, 0.2) is 0 Å². The summed E-state index contributed by atoms with van der Waals surface area (Å²) in [6, 6.07) is 7.50. The SMILES string of the molecule is C=C(C)C(=O)OCOc1ccc(C=CC)cc1. The molecule has 0 radical (unpaired) electrons. The van der Waals surface area contributed by atoms with Gasteiger partial charge < -0.3 is 9.47 Å². The predicted molar refractivity (Wildman–Crippen MR) is 67.6 cm³/mol. The smallest absolute Gasteiger partial charge is 0.335 e. The Hall–Kier alpha value is -2.03. The van der Waals surface area contributed by atoms with Gasteiger partial charge in [-0.1, -0.05) is 30.9 Å². The van der Waals surface area contributed by atoms with Crippen molar-refractivity contribution < 1.29 is 14.3 Å². The summed E-state index contributed by atoms with van der Waals surface area (Å²) in [4.78, 5) is 11.1. The summed E-state index contributed by atoms with van der Waals surface area (Å²) in [6.45, 7) is 6.92. The lowest BCUT2D eigenvalue weighted by atomic mass is 10.2. The van der Waals surface area contributed by atoms with Crippen LogP contribution in [0.25, 0.3) is 6.08 Å². The van der Waals surface area contributed by atoms with Crippen LogP contribution < -0.4 is 4.74 Å². The maximum atomic E-state index is 11.1. The van der Waals surface area contributed by atoms with E-state index in [4.69, 9.17) is 9.47 Å². The highest BCUT2D eigenvalue weighted by Gasteiger charge is 2.02. The van der Waals surface area contributed by atoms with Gasteiger partial charge in [0.05, 0.1) is 0 Å². The quantitative estimate of drug-likeness (QED) is 0.444. The molecule has 3 nitrogen and oxygen atoms in total. The monoisotopic (exact) mass is 232 g/mol. The lowest BCUT2D eigenvalue weighted by Crippen LogP contribution is -2.10. The number of carbonyl (C=O) groups excluding carboxylic acids is 1. The number of hydrogen-bond donors (Lipinski definition) is 0. The summed E-state index contributed by atoms with van der Waals surface area (Å²) < 4.78 is 10.1. The molecule has 0 N–H and O–H groups in total. The normalized spacial score (nSPS) is 10.2. The molecule has 0 heterocycles. The number of allylic oxidation sites excluding steroid dienone is 1. The molecule has 0 spiro atoms. The van der Waals surface area contributed by atoms with Gasteiger partial charge in [-0.15, -0.1) is 0 Å². The lowest BCUT2D eigenvalue weighted by molar-refractivity contribution is -0.145. The highest BCUT2D eigenvalue weighted by molar-refractivity contribution is 5.86. The van der Waals surface area contributed by atoms with Crippen LogP contribution in [0.3, 0.4) is 0 Å². The second-order valence-corrected chi connectivity index (χ2v) is 3.54. The van der Waals surface area contributed by atoms with Crippen LogP contribution in [0.1, 0.15) is 19.4 Å². The van der Waals surface area contributed by atoms with Crippen LogP contribution in [0.4, 0.5) is 0 Å². The first-order valence-corrected chi connectivity index (χ1v) is 5.31. The van der Waals surface area contributed by atoms with Gasteiger partial charge in [0, 0.05) is 5.57 Å². The molecule has 0 unspecified atom stereocenters. The van der Waals surface area contributed by atoms with Crippen LogP contribution in [-0.4, -0.2) is 12.8 Å². The van der Waals surface area contributed by atoms with Crippen LogP contribution in [0.2, 0.25) is 0 Å². The minimum Gasteiger partial charge on any atom is -0.457 e. The number of esters is 1. The van der Waals surface area contributed by atoms with Crippen LogP contribution in [0, 0.1) is 0 Å². The summed E-state index contributed by atoms with van der Waals surface area (Å²) in [5.74, 6) is 0.211. The van der Waals surface area contributed by atoms with Gasteiger partial charge in [0.1, 0.15) is 5.75 Å². The van der Waals surface area contributed by atoms with Crippen molar-refractivity contribution >= 4 is 12.0 Å². The molecule has 0 aliphatic carbocycles. The van der Waals surface area contributed by atoms with Crippen molar-refractivity contribution in [3.05, 3.63) is 48.1 Å². The molecule has 0 atom stereocenters. The van der Waals surface area contributed by atoms with Gasteiger partial charge in [0.2, 0.25) is 6.79 Å². The zero-order chi connectivity index (χ0) is 12.7. The number of ether oxygens (including phenoxy) is 2. The minimum atomic E-state index is -0.449. The third kappa shape index (κ3) is 4.55. The first kappa shape index (κ1) is 13.0. The molecule has 1 aromatic carbocycles. The fraction of sp³-hybridized carbons (Fsp3) is 0.214. The third-order valence-electron chi connectivity index (χ3n) is 2.00. The van der Waals surface area contributed by atoms with E-state index in [1.165, 1.54) is 0 Å². The van der Waals surface area contributed by atoms with Crippen molar-refractivity contribution in [1.82, 2.24) is 0 Å². The Kier molecular flexibility index (Phi) is 5.01. The van der Waals surface area contributed by atoms with Gasteiger partial charge in [-0.25, -0.2) is 4.79 Å². The van der Waals surface area contributed by atoms with E-state index in [9.17, 15) is 4.79 Å². The van der Waals surface area contributed by atoms with E-state index in [2.05, 4.69) is 6.58 Å². The van der Waals surface area contributed by atoms with Crippen molar-refractivity contribution in [1.29, 1.82) is 0 Å². The molecular weight excluding hydrogens is 216 g/mol.